The summed E-state index contributed by atoms with van der Waals surface area (Å²) in [5.74, 6) is -0.581. The Kier molecular flexibility index (Phi) is 6.77. The molecule has 0 aromatic rings. The van der Waals surface area contributed by atoms with Crippen LogP contribution in [0.15, 0.2) is 0 Å². The molecule has 4 nitrogen and oxygen atoms in total. The molecule has 0 radical (unpaired) electrons. The molecule has 16 heavy (non-hydrogen) atoms. The summed E-state index contributed by atoms with van der Waals surface area (Å²) in [6.45, 7) is 11.2. The molecule has 94 valence electrons. The van der Waals surface area contributed by atoms with Crippen LogP contribution in [0.2, 0.25) is 0 Å². The summed E-state index contributed by atoms with van der Waals surface area (Å²) in [7, 11) is 0. The van der Waals surface area contributed by atoms with Gasteiger partial charge in [-0.3, -0.25) is 4.79 Å². The zero-order valence-electron chi connectivity index (χ0n) is 10.9. The summed E-state index contributed by atoms with van der Waals surface area (Å²) < 4.78 is 4.72. The zero-order chi connectivity index (χ0) is 12.7. The van der Waals surface area contributed by atoms with Crippen molar-refractivity contribution in [1.82, 2.24) is 4.90 Å². The molecule has 0 rings (SSSR count). The third-order valence-electron chi connectivity index (χ3n) is 1.91. The van der Waals surface area contributed by atoms with Gasteiger partial charge < -0.3 is 9.64 Å². The molecule has 0 fully saturated rings. The number of rotatable bonds is 5. The van der Waals surface area contributed by atoms with Crippen LogP contribution in [-0.4, -0.2) is 36.5 Å². The Balaban J connectivity index is 4.48. The number of hydrogen-bond acceptors (Lipinski definition) is 3. The monoisotopic (exact) mass is 229 g/mol. The number of carbonyl (C=O) groups is 2. The summed E-state index contributed by atoms with van der Waals surface area (Å²) in [6, 6.07) is 0. The van der Waals surface area contributed by atoms with E-state index >= 15 is 0 Å². The van der Waals surface area contributed by atoms with Gasteiger partial charge in [0.15, 0.2) is 0 Å². The Hall–Kier alpha value is -1.06. The number of ether oxygens (including phenoxy) is 1. The van der Waals surface area contributed by atoms with Gasteiger partial charge in [-0.2, -0.15) is 0 Å². The molecule has 0 heterocycles. The van der Waals surface area contributed by atoms with Crippen LogP contribution in [0, 0.1) is 11.8 Å². The molecule has 0 saturated carbocycles. The van der Waals surface area contributed by atoms with Crippen LogP contribution in [0.4, 0.5) is 0 Å². The Morgan fingerprint density at radius 2 is 1.50 bits per heavy atom. The predicted molar refractivity (Wildman–Crippen MR) is 62.9 cm³/mol. The average Bonchev–Trinajstić information content (AvgIpc) is 2.14. The molecular weight excluding hydrogens is 206 g/mol. The van der Waals surface area contributed by atoms with Crippen LogP contribution in [0.1, 0.15) is 34.6 Å². The summed E-state index contributed by atoms with van der Waals surface area (Å²) in [5, 5.41) is 0. The van der Waals surface area contributed by atoms with Crippen molar-refractivity contribution < 1.29 is 14.3 Å². The molecule has 0 N–H and O–H groups in total. The van der Waals surface area contributed by atoms with E-state index in [0.717, 1.165) is 0 Å². The average molecular weight is 229 g/mol. The van der Waals surface area contributed by atoms with E-state index in [1.807, 2.05) is 27.7 Å². The predicted octanol–water partition coefficient (Wildman–Crippen LogP) is 1.69. The molecule has 0 aliphatic carbocycles. The van der Waals surface area contributed by atoms with E-state index < -0.39 is 11.9 Å². The molecule has 0 aliphatic heterocycles. The lowest BCUT2D eigenvalue weighted by Crippen LogP contribution is -2.41. The quantitative estimate of drug-likeness (QED) is 0.532. The first-order valence-electron chi connectivity index (χ1n) is 5.84. The van der Waals surface area contributed by atoms with Gasteiger partial charge in [-0.15, -0.1) is 0 Å². The van der Waals surface area contributed by atoms with E-state index in [0.29, 0.717) is 24.9 Å². The molecule has 0 aliphatic rings. The second-order valence-corrected chi connectivity index (χ2v) is 4.72. The number of carbonyl (C=O) groups excluding carboxylic acids is 2. The Bertz CT molecular complexity index is 226. The maximum Gasteiger partial charge on any atom is 0.397 e. The van der Waals surface area contributed by atoms with E-state index in [1.165, 1.54) is 0 Å². The minimum absolute atomic E-state index is 0.238. The van der Waals surface area contributed by atoms with Crippen molar-refractivity contribution in [2.75, 3.05) is 19.7 Å². The van der Waals surface area contributed by atoms with E-state index in [4.69, 9.17) is 4.74 Å². The molecular formula is C12H23NO3. The molecule has 0 bridgehead atoms. The van der Waals surface area contributed by atoms with Gasteiger partial charge in [-0.1, -0.05) is 27.7 Å². The molecule has 0 aromatic carbocycles. The lowest BCUT2D eigenvalue weighted by molar-refractivity contribution is -0.160. The molecule has 1 amide bonds. The van der Waals surface area contributed by atoms with Crippen LogP contribution < -0.4 is 0 Å². The zero-order valence-corrected chi connectivity index (χ0v) is 10.9. The van der Waals surface area contributed by atoms with Gasteiger partial charge in [0, 0.05) is 13.1 Å². The van der Waals surface area contributed by atoms with Crippen LogP contribution in [0.25, 0.3) is 0 Å². The van der Waals surface area contributed by atoms with E-state index in [9.17, 15) is 9.59 Å². The third kappa shape index (κ3) is 5.73. The maximum atomic E-state index is 11.8. The van der Waals surface area contributed by atoms with Gasteiger partial charge >= 0.3 is 11.9 Å². The summed E-state index contributed by atoms with van der Waals surface area (Å²) in [6.07, 6.45) is 0. The first-order valence-corrected chi connectivity index (χ1v) is 5.84. The van der Waals surface area contributed by atoms with Crippen LogP contribution in [-0.2, 0) is 14.3 Å². The SMILES string of the molecule is CCOC(=O)C(=O)N(CC(C)C)CC(C)C. The molecule has 4 heteroatoms. The number of amides is 1. The second-order valence-electron chi connectivity index (χ2n) is 4.72. The summed E-state index contributed by atoms with van der Waals surface area (Å²) in [4.78, 5) is 24.7. The second kappa shape index (κ2) is 7.25. The summed E-state index contributed by atoms with van der Waals surface area (Å²) >= 11 is 0. The van der Waals surface area contributed by atoms with Gasteiger partial charge in [-0.05, 0) is 18.8 Å². The standard InChI is InChI=1S/C12H23NO3/c1-6-16-12(15)11(14)13(7-9(2)3)8-10(4)5/h9-10H,6-8H2,1-5H3. The van der Waals surface area contributed by atoms with Crippen molar-refractivity contribution in [3.63, 3.8) is 0 Å². The van der Waals surface area contributed by atoms with Crippen molar-refractivity contribution in [3.05, 3.63) is 0 Å². The van der Waals surface area contributed by atoms with Crippen molar-refractivity contribution in [2.45, 2.75) is 34.6 Å². The molecule has 0 saturated heterocycles. The highest BCUT2D eigenvalue weighted by Crippen LogP contribution is 2.05. The van der Waals surface area contributed by atoms with Gasteiger partial charge in [0.05, 0.1) is 6.61 Å². The van der Waals surface area contributed by atoms with Crippen LogP contribution in [0.3, 0.4) is 0 Å². The fraction of sp³-hybridized carbons (Fsp3) is 0.833. The van der Waals surface area contributed by atoms with E-state index in [2.05, 4.69) is 0 Å². The smallest absolute Gasteiger partial charge is 0.397 e. The Labute approximate surface area is 98.0 Å². The van der Waals surface area contributed by atoms with Gasteiger partial charge in [0.1, 0.15) is 0 Å². The normalized spacial score (nSPS) is 10.7. The Morgan fingerprint density at radius 1 is 1.06 bits per heavy atom. The van der Waals surface area contributed by atoms with Crippen molar-refractivity contribution in [2.24, 2.45) is 11.8 Å². The first-order chi connectivity index (χ1) is 7.38. The lowest BCUT2D eigenvalue weighted by atomic mass is 10.1. The number of esters is 1. The number of hydrogen-bond donors (Lipinski definition) is 0. The molecule has 0 atom stereocenters. The van der Waals surface area contributed by atoms with E-state index in [-0.39, 0.29) is 6.61 Å². The number of nitrogens with zero attached hydrogens (tertiary/aromatic N) is 1. The van der Waals surface area contributed by atoms with Gasteiger partial charge in [0.2, 0.25) is 0 Å². The van der Waals surface area contributed by atoms with Crippen LogP contribution >= 0.6 is 0 Å². The third-order valence-corrected chi connectivity index (χ3v) is 1.91. The fourth-order valence-electron chi connectivity index (χ4n) is 1.44. The highest BCUT2D eigenvalue weighted by molar-refractivity contribution is 6.32. The van der Waals surface area contributed by atoms with Gasteiger partial charge in [-0.25, -0.2) is 4.79 Å². The molecule has 0 unspecified atom stereocenters. The largest absolute Gasteiger partial charge is 0.459 e. The minimum atomic E-state index is -0.746. The summed E-state index contributed by atoms with van der Waals surface area (Å²) in [5.41, 5.74) is 0. The van der Waals surface area contributed by atoms with Gasteiger partial charge in [0.25, 0.3) is 0 Å². The maximum absolute atomic E-state index is 11.8. The topological polar surface area (TPSA) is 46.6 Å². The van der Waals surface area contributed by atoms with E-state index in [1.54, 1.807) is 11.8 Å². The van der Waals surface area contributed by atoms with Crippen molar-refractivity contribution >= 4 is 11.9 Å². The molecule has 0 aromatic heterocycles. The Morgan fingerprint density at radius 3 is 1.81 bits per heavy atom. The highest BCUT2D eigenvalue weighted by atomic mass is 16.5. The van der Waals surface area contributed by atoms with Crippen molar-refractivity contribution in [3.8, 4) is 0 Å². The van der Waals surface area contributed by atoms with Crippen molar-refractivity contribution in [1.29, 1.82) is 0 Å². The van der Waals surface area contributed by atoms with Crippen LogP contribution in [0.5, 0.6) is 0 Å². The molecule has 0 spiro atoms. The first kappa shape index (κ1) is 14.9. The fourth-order valence-corrected chi connectivity index (χ4v) is 1.44. The lowest BCUT2D eigenvalue weighted by Gasteiger charge is -2.25. The highest BCUT2D eigenvalue weighted by Gasteiger charge is 2.24. The minimum Gasteiger partial charge on any atom is -0.459 e.